The van der Waals surface area contributed by atoms with Crippen molar-refractivity contribution in [3.63, 3.8) is 0 Å². The molecule has 2 heterocycles. The molecule has 1 aromatic heterocycles. The van der Waals surface area contributed by atoms with Crippen molar-refractivity contribution in [2.75, 3.05) is 26.7 Å². The van der Waals surface area contributed by atoms with E-state index in [4.69, 9.17) is 9.15 Å². The molecule has 2 aromatic rings. The fraction of sp³-hybridized carbons (Fsp3) is 0.474. The Bertz CT molecular complexity index is 796. The third kappa shape index (κ3) is 3.21. The lowest BCUT2D eigenvalue weighted by Crippen LogP contribution is -2.45. The molecule has 1 N–H and O–H groups in total. The number of fused-ring (bicyclic) bond motifs is 1. The van der Waals surface area contributed by atoms with Crippen molar-refractivity contribution < 1.29 is 18.7 Å². The van der Waals surface area contributed by atoms with Crippen LogP contribution >= 0.6 is 0 Å². The van der Waals surface area contributed by atoms with Crippen LogP contribution in [0.3, 0.4) is 0 Å². The fourth-order valence-corrected chi connectivity index (χ4v) is 3.42. The maximum absolute atomic E-state index is 13.0. The molecule has 3 rings (SSSR count). The van der Waals surface area contributed by atoms with Crippen molar-refractivity contribution in [1.29, 1.82) is 0 Å². The number of furan rings is 1. The van der Waals surface area contributed by atoms with Gasteiger partial charge in [0.1, 0.15) is 0 Å². The Morgan fingerprint density at radius 3 is 2.92 bits per heavy atom. The molecule has 0 radical (unpaired) electrons. The Morgan fingerprint density at radius 1 is 1.40 bits per heavy atom. The highest BCUT2D eigenvalue weighted by Crippen LogP contribution is 2.33. The van der Waals surface area contributed by atoms with E-state index >= 15 is 0 Å². The molecule has 6 nitrogen and oxygen atoms in total. The van der Waals surface area contributed by atoms with Crippen LogP contribution in [0.15, 0.2) is 22.6 Å². The first kappa shape index (κ1) is 17.3. The van der Waals surface area contributed by atoms with Crippen molar-refractivity contribution in [3.05, 3.63) is 29.5 Å². The second kappa shape index (κ2) is 7.17. The average Bonchev–Trinajstić information content (AvgIpc) is 2.98. The summed E-state index contributed by atoms with van der Waals surface area (Å²) >= 11 is 0. The van der Waals surface area contributed by atoms with E-state index in [9.17, 15) is 9.59 Å². The van der Waals surface area contributed by atoms with Gasteiger partial charge in [-0.05, 0) is 32.8 Å². The number of aryl methyl sites for hydroxylation is 1. The Morgan fingerprint density at radius 2 is 2.20 bits per heavy atom. The molecule has 1 aromatic carbocycles. The molecule has 134 valence electrons. The zero-order chi connectivity index (χ0) is 18.0. The Labute approximate surface area is 147 Å². The summed E-state index contributed by atoms with van der Waals surface area (Å²) in [5.74, 6) is 0.638. The molecule has 1 fully saturated rings. The normalized spacial score (nSPS) is 17.6. The van der Waals surface area contributed by atoms with Crippen LogP contribution in [-0.4, -0.2) is 43.5 Å². The van der Waals surface area contributed by atoms with Gasteiger partial charge in [0.05, 0.1) is 13.0 Å². The molecule has 0 bridgehead atoms. The van der Waals surface area contributed by atoms with Crippen LogP contribution in [0.1, 0.15) is 35.9 Å². The van der Waals surface area contributed by atoms with Gasteiger partial charge in [0.2, 0.25) is 5.91 Å². The number of amides is 2. The lowest BCUT2D eigenvalue weighted by molar-refractivity contribution is -0.126. The second-order valence-electron chi connectivity index (χ2n) is 6.38. The summed E-state index contributed by atoms with van der Waals surface area (Å²) in [6, 6.07) is 5.61. The number of hydrogen-bond donors (Lipinski definition) is 1. The van der Waals surface area contributed by atoms with Crippen molar-refractivity contribution in [2.24, 2.45) is 5.92 Å². The van der Waals surface area contributed by atoms with Crippen molar-refractivity contribution in [3.8, 4) is 5.75 Å². The number of nitrogens with zero attached hydrogens (tertiary/aromatic N) is 1. The van der Waals surface area contributed by atoms with Crippen LogP contribution in [0.25, 0.3) is 11.0 Å². The number of para-hydroxylation sites is 1. The molecule has 0 spiro atoms. The quantitative estimate of drug-likeness (QED) is 0.926. The number of hydrogen-bond acceptors (Lipinski definition) is 4. The van der Waals surface area contributed by atoms with Crippen LogP contribution in [0.2, 0.25) is 0 Å². The Kier molecular flexibility index (Phi) is 4.97. The predicted molar refractivity (Wildman–Crippen MR) is 94.8 cm³/mol. The monoisotopic (exact) mass is 344 g/mol. The minimum absolute atomic E-state index is 0.0167. The van der Waals surface area contributed by atoms with Crippen LogP contribution in [0.5, 0.6) is 5.75 Å². The van der Waals surface area contributed by atoms with Gasteiger partial charge in [-0.25, -0.2) is 0 Å². The number of ether oxygens (including phenoxy) is 1. The molecule has 1 atom stereocenters. The number of piperidine rings is 1. The largest absolute Gasteiger partial charge is 0.493 e. The van der Waals surface area contributed by atoms with Gasteiger partial charge in [-0.1, -0.05) is 12.1 Å². The van der Waals surface area contributed by atoms with Gasteiger partial charge in [0, 0.05) is 30.6 Å². The molecule has 1 aliphatic heterocycles. The number of nitrogens with one attached hydrogen (secondary N) is 1. The maximum Gasteiger partial charge on any atom is 0.289 e. The summed E-state index contributed by atoms with van der Waals surface area (Å²) in [5.41, 5.74) is 1.39. The van der Waals surface area contributed by atoms with E-state index < -0.39 is 0 Å². The van der Waals surface area contributed by atoms with Gasteiger partial charge in [0.25, 0.3) is 5.91 Å². The number of benzene rings is 1. The van der Waals surface area contributed by atoms with Crippen LogP contribution in [0.4, 0.5) is 0 Å². The standard InChI is InChI=1S/C19H24N2O4/c1-4-20-18(22)13-7-6-10-21(11-13)19(23)16-12(2)14-8-5-9-15(24-3)17(14)25-16/h5,8-9,13H,4,6-7,10-11H2,1-3H3,(H,20,22). The van der Waals surface area contributed by atoms with Crippen LogP contribution in [0, 0.1) is 12.8 Å². The lowest BCUT2D eigenvalue weighted by atomic mass is 9.96. The minimum atomic E-state index is -0.162. The van der Waals surface area contributed by atoms with Crippen LogP contribution in [-0.2, 0) is 4.79 Å². The number of carbonyl (C=O) groups excluding carboxylic acids is 2. The number of rotatable bonds is 4. The summed E-state index contributed by atoms with van der Waals surface area (Å²) < 4.78 is 11.2. The minimum Gasteiger partial charge on any atom is -0.493 e. The molecule has 25 heavy (non-hydrogen) atoms. The third-order valence-corrected chi connectivity index (χ3v) is 4.77. The number of methoxy groups -OCH3 is 1. The maximum atomic E-state index is 13.0. The molecule has 1 unspecified atom stereocenters. The highest BCUT2D eigenvalue weighted by Gasteiger charge is 2.31. The molecule has 1 saturated heterocycles. The smallest absolute Gasteiger partial charge is 0.289 e. The van der Waals surface area contributed by atoms with Gasteiger partial charge in [-0.3, -0.25) is 9.59 Å². The van der Waals surface area contributed by atoms with Crippen molar-refractivity contribution in [1.82, 2.24) is 10.2 Å². The summed E-state index contributed by atoms with van der Waals surface area (Å²) in [6.45, 7) is 5.45. The molecule has 0 saturated carbocycles. The molecule has 2 amide bonds. The summed E-state index contributed by atoms with van der Waals surface area (Å²) in [6.07, 6.45) is 1.62. The fourth-order valence-electron chi connectivity index (χ4n) is 3.42. The summed E-state index contributed by atoms with van der Waals surface area (Å²) in [4.78, 5) is 26.8. The van der Waals surface area contributed by atoms with E-state index in [-0.39, 0.29) is 17.7 Å². The molecule has 6 heteroatoms. The SMILES string of the molecule is CCNC(=O)C1CCCN(C(=O)c2oc3c(OC)cccc3c2C)C1. The molecular weight excluding hydrogens is 320 g/mol. The number of carbonyl (C=O) groups is 2. The first-order chi connectivity index (χ1) is 12.1. The predicted octanol–water partition coefficient (Wildman–Crippen LogP) is 2.74. The lowest BCUT2D eigenvalue weighted by Gasteiger charge is -2.31. The molecule has 1 aliphatic rings. The Balaban J connectivity index is 1.86. The molecular formula is C19H24N2O4. The third-order valence-electron chi connectivity index (χ3n) is 4.77. The van der Waals surface area contributed by atoms with E-state index in [0.717, 1.165) is 23.8 Å². The van der Waals surface area contributed by atoms with E-state index in [1.54, 1.807) is 12.0 Å². The highest BCUT2D eigenvalue weighted by molar-refractivity contribution is 6.00. The van der Waals surface area contributed by atoms with Gasteiger partial charge >= 0.3 is 0 Å². The first-order valence-corrected chi connectivity index (χ1v) is 8.69. The van der Waals surface area contributed by atoms with E-state index in [1.807, 2.05) is 32.0 Å². The van der Waals surface area contributed by atoms with E-state index in [1.165, 1.54) is 0 Å². The van der Waals surface area contributed by atoms with Gasteiger partial charge in [0.15, 0.2) is 17.1 Å². The van der Waals surface area contributed by atoms with Gasteiger partial charge < -0.3 is 19.4 Å². The first-order valence-electron chi connectivity index (χ1n) is 8.69. The van der Waals surface area contributed by atoms with E-state index in [2.05, 4.69) is 5.32 Å². The van der Waals surface area contributed by atoms with Gasteiger partial charge in [-0.15, -0.1) is 0 Å². The average molecular weight is 344 g/mol. The second-order valence-corrected chi connectivity index (χ2v) is 6.38. The zero-order valence-corrected chi connectivity index (χ0v) is 14.9. The summed E-state index contributed by atoms with van der Waals surface area (Å²) in [5, 5.41) is 3.72. The highest BCUT2D eigenvalue weighted by atomic mass is 16.5. The van der Waals surface area contributed by atoms with Crippen LogP contribution < -0.4 is 10.1 Å². The van der Waals surface area contributed by atoms with E-state index in [0.29, 0.717) is 36.7 Å². The Hall–Kier alpha value is -2.50. The topological polar surface area (TPSA) is 71.8 Å². The number of likely N-dealkylation sites (tertiary alicyclic amines) is 1. The summed E-state index contributed by atoms with van der Waals surface area (Å²) in [7, 11) is 1.58. The van der Waals surface area contributed by atoms with Crippen molar-refractivity contribution >= 4 is 22.8 Å². The van der Waals surface area contributed by atoms with Crippen molar-refractivity contribution in [2.45, 2.75) is 26.7 Å². The zero-order valence-electron chi connectivity index (χ0n) is 14.9. The molecule has 0 aliphatic carbocycles. The van der Waals surface area contributed by atoms with Gasteiger partial charge in [-0.2, -0.15) is 0 Å².